The Kier molecular flexibility index (Phi) is 13.9. The zero-order chi connectivity index (χ0) is 49.4. The van der Waals surface area contributed by atoms with Gasteiger partial charge >= 0.3 is 17.9 Å². The van der Waals surface area contributed by atoms with E-state index in [-0.39, 0.29) is 33.9 Å². The maximum Gasteiger partial charge on any atom is 0.336 e. The molecule has 6 aromatic rings. The lowest BCUT2D eigenvalue weighted by Gasteiger charge is -2.50. The smallest absolute Gasteiger partial charge is 0.336 e. The largest absolute Gasteiger partial charge is 0.481 e. The number of nitrogens with zero attached hydrogens (tertiary/aromatic N) is 2. The Morgan fingerprint density at radius 3 is 1.26 bits per heavy atom. The standard InChI is InChI=1S/2C24H27FN2O.C6H8O7/c2*1-27(2)23(17-6-4-3-5-7-17)11-13-24(14-12-23)22-19(10-15-28-24)20-16-18(25)8-9-21(20)26-22;7-3(8)1-6(13,5(11)12)2-4(9)10/h2*3-9,16,26H,10-15H2,1-2H3;13H,1-2H2,(H,7,8)(H,9,10)(H,11,12). The Morgan fingerprint density at radius 2 is 0.942 bits per heavy atom. The van der Waals surface area contributed by atoms with Crippen LogP contribution in [0.15, 0.2) is 97.1 Å². The number of rotatable bonds is 9. The molecule has 15 heteroatoms. The van der Waals surface area contributed by atoms with Crippen LogP contribution in [0.3, 0.4) is 0 Å². The number of hydrogen-bond acceptors (Lipinski definition) is 8. The average Bonchev–Trinajstić information content (AvgIpc) is 3.89. The highest BCUT2D eigenvalue weighted by Crippen LogP contribution is 2.54. The maximum absolute atomic E-state index is 13.8. The number of aliphatic hydroxyl groups is 1. The quantitative estimate of drug-likeness (QED) is 0.0812. The number of fused-ring (bicyclic) bond motifs is 8. The number of benzene rings is 4. The third-order valence-corrected chi connectivity index (χ3v) is 15.5. The van der Waals surface area contributed by atoms with Gasteiger partial charge in [-0.15, -0.1) is 0 Å². The summed E-state index contributed by atoms with van der Waals surface area (Å²) in [6.07, 6.45) is 7.38. The lowest BCUT2D eigenvalue weighted by atomic mass is 9.68. The van der Waals surface area contributed by atoms with E-state index in [9.17, 15) is 23.2 Å². The van der Waals surface area contributed by atoms with Gasteiger partial charge in [-0.1, -0.05) is 60.7 Å². The number of H-pyrrole nitrogens is 2. The molecule has 0 unspecified atom stereocenters. The number of aliphatic carboxylic acids is 3. The van der Waals surface area contributed by atoms with Crippen molar-refractivity contribution in [3.63, 3.8) is 0 Å². The van der Waals surface area contributed by atoms with Gasteiger partial charge in [0, 0.05) is 32.9 Å². The van der Waals surface area contributed by atoms with Crippen LogP contribution in [0.25, 0.3) is 21.8 Å². The van der Waals surface area contributed by atoms with Gasteiger partial charge in [0.1, 0.15) is 22.8 Å². The molecule has 4 aromatic carbocycles. The van der Waals surface area contributed by atoms with Gasteiger partial charge < -0.3 is 39.9 Å². The van der Waals surface area contributed by atoms with Crippen molar-refractivity contribution in [2.24, 2.45) is 0 Å². The minimum atomic E-state index is -2.74. The second kappa shape index (κ2) is 19.4. The summed E-state index contributed by atoms with van der Waals surface area (Å²) in [7, 11) is 8.74. The third kappa shape index (κ3) is 9.42. The zero-order valence-corrected chi connectivity index (χ0v) is 39.6. The fourth-order valence-corrected chi connectivity index (χ4v) is 11.7. The predicted octanol–water partition coefficient (Wildman–Crippen LogP) is 8.96. The Morgan fingerprint density at radius 1 is 0.580 bits per heavy atom. The number of carboxylic acids is 3. The predicted molar refractivity (Wildman–Crippen MR) is 257 cm³/mol. The van der Waals surface area contributed by atoms with E-state index in [2.05, 4.69) is 109 Å². The second-order valence-corrected chi connectivity index (χ2v) is 19.6. The molecular weight excluding hydrogens is 887 g/mol. The number of carbonyl (C=O) groups is 3. The number of halogens is 2. The zero-order valence-electron chi connectivity index (χ0n) is 39.6. The van der Waals surface area contributed by atoms with Crippen molar-refractivity contribution in [1.29, 1.82) is 0 Å². The summed E-state index contributed by atoms with van der Waals surface area (Å²) < 4.78 is 40.6. The SMILES string of the molecule is CN(C)C1(c2ccccc2)CCC2(CC1)OCCc1c2[nH]c2ccc(F)cc12.CN(C)C1(c2ccccc2)CCC2(CC1)OCCc1c2[nH]c2ccc(F)cc12.O=C(O)CC(O)(CC(=O)O)C(=O)O. The van der Waals surface area contributed by atoms with Crippen LogP contribution >= 0.6 is 0 Å². The van der Waals surface area contributed by atoms with Crippen molar-refractivity contribution >= 4 is 39.7 Å². The van der Waals surface area contributed by atoms with E-state index in [1.54, 1.807) is 12.1 Å². The molecule has 0 saturated heterocycles. The molecule has 4 aliphatic rings. The summed E-state index contributed by atoms with van der Waals surface area (Å²) >= 11 is 0. The molecule has 2 saturated carbocycles. The van der Waals surface area contributed by atoms with Crippen molar-refractivity contribution in [3.05, 3.63) is 142 Å². The molecule has 0 bridgehead atoms. The van der Waals surface area contributed by atoms with E-state index >= 15 is 0 Å². The molecular formula is C54H62F2N4O9. The molecule has 2 spiro atoms. The highest BCUT2D eigenvalue weighted by atomic mass is 19.1. The van der Waals surface area contributed by atoms with Gasteiger partial charge in [0.15, 0.2) is 5.60 Å². The summed E-state index contributed by atoms with van der Waals surface area (Å²) in [4.78, 5) is 42.4. The van der Waals surface area contributed by atoms with E-state index in [0.717, 1.165) is 86.0 Å². The van der Waals surface area contributed by atoms with Crippen molar-refractivity contribution in [2.75, 3.05) is 41.4 Å². The molecule has 10 rings (SSSR count). The first-order valence-corrected chi connectivity index (χ1v) is 23.6. The molecule has 366 valence electrons. The van der Waals surface area contributed by atoms with Gasteiger partial charge in [-0.05, 0) is 151 Å². The van der Waals surface area contributed by atoms with Gasteiger partial charge in [-0.2, -0.15) is 0 Å². The Labute approximate surface area is 400 Å². The normalized spacial score (nSPS) is 24.3. The first kappa shape index (κ1) is 49.5. The van der Waals surface area contributed by atoms with Crippen LogP contribution in [0.4, 0.5) is 8.78 Å². The highest BCUT2D eigenvalue weighted by molar-refractivity contribution is 5.88. The molecule has 2 fully saturated rings. The van der Waals surface area contributed by atoms with Crippen molar-refractivity contribution in [2.45, 2.75) is 105 Å². The summed E-state index contributed by atoms with van der Waals surface area (Å²) in [6.45, 7) is 1.41. The van der Waals surface area contributed by atoms with Gasteiger partial charge in [-0.3, -0.25) is 19.4 Å². The van der Waals surface area contributed by atoms with Crippen LogP contribution in [0.2, 0.25) is 0 Å². The highest BCUT2D eigenvalue weighted by Gasteiger charge is 2.51. The minimum Gasteiger partial charge on any atom is -0.481 e. The van der Waals surface area contributed by atoms with Crippen molar-refractivity contribution < 1.29 is 53.1 Å². The fraction of sp³-hybridized carbons (Fsp3) is 0.426. The van der Waals surface area contributed by atoms with Gasteiger partial charge in [0.25, 0.3) is 0 Å². The van der Waals surface area contributed by atoms with E-state index in [1.807, 2.05) is 12.1 Å². The molecule has 0 amide bonds. The van der Waals surface area contributed by atoms with Gasteiger partial charge in [-0.25, -0.2) is 13.6 Å². The summed E-state index contributed by atoms with van der Waals surface area (Å²) in [5, 5.41) is 35.8. The fourth-order valence-electron chi connectivity index (χ4n) is 11.7. The molecule has 2 aliphatic carbocycles. The molecule has 0 atom stereocenters. The van der Waals surface area contributed by atoms with E-state index in [0.29, 0.717) is 13.2 Å². The minimum absolute atomic E-state index is 0.0333. The summed E-state index contributed by atoms with van der Waals surface area (Å²) in [5.74, 6) is -5.36. The third-order valence-electron chi connectivity index (χ3n) is 15.5. The van der Waals surface area contributed by atoms with Crippen LogP contribution in [0.1, 0.15) is 97.8 Å². The first-order valence-electron chi connectivity index (χ1n) is 23.6. The van der Waals surface area contributed by atoms with Crippen molar-refractivity contribution in [3.8, 4) is 0 Å². The molecule has 2 aliphatic heterocycles. The van der Waals surface area contributed by atoms with E-state index in [4.69, 9.17) is 29.9 Å². The van der Waals surface area contributed by atoms with Crippen LogP contribution in [-0.2, 0) is 59.0 Å². The van der Waals surface area contributed by atoms with Crippen LogP contribution in [0, 0.1) is 11.6 Å². The Bertz CT molecular complexity index is 2630. The molecule has 13 nitrogen and oxygen atoms in total. The monoisotopic (exact) mass is 948 g/mol. The lowest BCUT2D eigenvalue weighted by molar-refractivity contribution is -0.170. The van der Waals surface area contributed by atoms with Crippen LogP contribution in [0.5, 0.6) is 0 Å². The number of hydrogen-bond donors (Lipinski definition) is 6. The van der Waals surface area contributed by atoms with Crippen molar-refractivity contribution in [1.82, 2.24) is 19.8 Å². The first-order chi connectivity index (χ1) is 32.9. The molecule has 2 aromatic heterocycles. The number of aromatic amines is 2. The van der Waals surface area contributed by atoms with E-state index < -0.39 is 36.4 Å². The summed E-state index contributed by atoms with van der Waals surface area (Å²) in [5.41, 5.74) is 6.42. The topological polar surface area (TPSA) is 189 Å². The lowest BCUT2D eigenvalue weighted by Crippen LogP contribution is -2.50. The number of ether oxygens (including phenoxy) is 2. The van der Waals surface area contributed by atoms with Gasteiger partial charge in [0.2, 0.25) is 0 Å². The van der Waals surface area contributed by atoms with Crippen LogP contribution < -0.4 is 0 Å². The Balaban J connectivity index is 0.000000150. The van der Waals surface area contributed by atoms with E-state index in [1.165, 1.54) is 45.8 Å². The van der Waals surface area contributed by atoms with Crippen LogP contribution in [-0.4, -0.2) is 105 Å². The maximum atomic E-state index is 13.8. The number of nitrogens with one attached hydrogen (secondary N) is 2. The molecule has 4 heterocycles. The molecule has 6 N–H and O–H groups in total. The number of aromatic nitrogens is 2. The number of carboxylic acid groups (broad SMARTS) is 3. The Hall–Kier alpha value is -5.97. The second-order valence-electron chi connectivity index (χ2n) is 19.6. The molecule has 0 radical (unpaired) electrons. The van der Waals surface area contributed by atoms with Gasteiger partial charge in [0.05, 0.1) is 37.4 Å². The summed E-state index contributed by atoms with van der Waals surface area (Å²) in [6, 6.07) is 31.8. The average molecular weight is 949 g/mol. The molecule has 69 heavy (non-hydrogen) atoms.